The van der Waals surface area contributed by atoms with E-state index in [4.69, 9.17) is 9.47 Å². The van der Waals surface area contributed by atoms with Crippen LogP contribution in [0.4, 0.5) is 11.4 Å². The number of para-hydroxylation sites is 2. The van der Waals surface area contributed by atoms with Gasteiger partial charge in [-0.2, -0.15) is 0 Å². The van der Waals surface area contributed by atoms with Gasteiger partial charge in [-0.1, -0.05) is 44.4 Å². The maximum atomic E-state index is 12.2. The quantitative estimate of drug-likeness (QED) is 0.511. The number of amides is 1. The van der Waals surface area contributed by atoms with Gasteiger partial charge in [0.05, 0.1) is 25.4 Å². The largest absolute Gasteiger partial charge is 0.494 e. The molecule has 27 heavy (non-hydrogen) atoms. The number of unbranched alkanes of at least 4 members (excludes halogenated alkanes) is 3. The van der Waals surface area contributed by atoms with Crippen molar-refractivity contribution in [2.45, 2.75) is 39.5 Å². The number of anilines is 2. The Morgan fingerprint density at radius 1 is 0.963 bits per heavy atom. The van der Waals surface area contributed by atoms with Crippen LogP contribution in [0.1, 0.15) is 39.5 Å². The minimum absolute atomic E-state index is 0.131. The lowest BCUT2D eigenvalue weighted by atomic mass is 10.2. The zero-order valence-corrected chi connectivity index (χ0v) is 16.3. The first-order chi connectivity index (χ1) is 13.2. The van der Waals surface area contributed by atoms with E-state index >= 15 is 0 Å². The molecule has 146 valence electrons. The molecule has 2 N–H and O–H groups in total. The summed E-state index contributed by atoms with van der Waals surface area (Å²) >= 11 is 0. The predicted octanol–water partition coefficient (Wildman–Crippen LogP) is 5.10. The minimum Gasteiger partial charge on any atom is -0.494 e. The van der Waals surface area contributed by atoms with Gasteiger partial charge in [-0.15, -0.1) is 0 Å². The first-order valence-electron chi connectivity index (χ1n) is 9.71. The highest BCUT2D eigenvalue weighted by Gasteiger charge is 2.07. The van der Waals surface area contributed by atoms with Crippen LogP contribution in [0.25, 0.3) is 0 Å². The van der Waals surface area contributed by atoms with E-state index in [1.807, 2.05) is 55.5 Å². The molecule has 0 atom stereocenters. The number of ether oxygens (including phenoxy) is 2. The highest BCUT2D eigenvalue weighted by atomic mass is 16.5. The van der Waals surface area contributed by atoms with Crippen molar-refractivity contribution in [3.8, 4) is 11.5 Å². The molecule has 0 saturated heterocycles. The van der Waals surface area contributed by atoms with E-state index < -0.39 is 0 Å². The summed E-state index contributed by atoms with van der Waals surface area (Å²) in [6.45, 7) is 5.55. The van der Waals surface area contributed by atoms with E-state index in [0.717, 1.165) is 24.5 Å². The molecule has 5 heteroatoms. The van der Waals surface area contributed by atoms with Crippen molar-refractivity contribution in [1.29, 1.82) is 0 Å². The fourth-order valence-corrected chi connectivity index (χ4v) is 2.64. The van der Waals surface area contributed by atoms with Crippen molar-refractivity contribution < 1.29 is 14.3 Å². The molecule has 0 aliphatic carbocycles. The van der Waals surface area contributed by atoms with Crippen LogP contribution < -0.4 is 20.1 Å². The fourth-order valence-electron chi connectivity index (χ4n) is 2.64. The molecule has 2 aromatic carbocycles. The molecule has 5 nitrogen and oxygen atoms in total. The van der Waals surface area contributed by atoms with E-state index in [0.29, 0.717) is 18.0 Å². The molecule has 0 bridgehead atoms. The average Bonchev–Trinajstić information content (AvgIpc) is 2.68. The van der Waals surface area contributed by atoms with Crippen LogP contribution in [0.5, 0.6) is 11.5 Å². The molecular formula is C22H30N2O3. The highest BCUT2D eigenvalue weighted by molar-refractivity contribution is 5.95. The average molecular weight is 370 g/mol. The van der Waals surface area contributed by atoms with Crippen LogP contribution in [0.3, 0.4) is 0 Å². The van der Waals surface area contributed by atoms with Crippen LogP contribution in [0.2, 0.25) is 0 Å². The third-order valence-electron chi connectivity index (χ3n) is 4.01. The monoisotopic (exact) mass is 370 g/mol. The van der Waals surface area contributed by atoms with Gasteiger partial charge in [0, 0.05) is 11.8 Å². The predicted molar refractivity (Wildman–Crippen MR) is 111 cm³/mol. The zero-order valence-electron chi connectivity index (χ0n) is 16.3. The maximum absolute atomic E-state index is 12.2. The van der Waals surface area contributed by atoms with Crippen LogP contribution in [-0.4, -0.2) is 25.7 Å². The number of carbonyl (C=O) groups excluding carboxylic acids is 1. The van der Waals surface area contributed by atoms with Crippen molar-refractivity contribution >= 4 is 17.3 Å². The molecule has 0 unspecified atom stereocenters. The van der Waals surface area contributed by atoms with E-state index in [9.17, 15) is 4.79 Å². The van der Waals surface area contributed by atoms with Gasteiger partial charge >= 0.3 is 0 Å². The maximum Gasteiger partial charge on any atom is 0.243 e. The Kier molecular flexibility index (Phi) is 9.04. The third kappa shape index (κ3) is 7.60. The second-order valence-corrected chi connectivity index (χ2v) is 6.27. The molecular weight excluding hydrogens is 340 g/mol. The standard InChI is InChI=1S/C22H30N2O3/c1-3-5-6-9-15-27-19-12-10-11-18(16-19)23-17-22(25)24-20-13-7-8-14-21(20)26-4-2/h7-8,10-14,16,23H,3-6,9,15,17H2,1-2H3,(H,24,25). The smallest absolute Gasteiger partial charge is 0.243 e. The molecule has 0 aliphatic heterocycles. The number of nitrogens with one attached hydrogen (secondary N) is 2. The molecule has 0 aliphatic rings. The van der Waals surface area contributed by atoms with Gasteiger partial charge < -0.3 is 20.1 Å². The number of hydrogen-bond donors (Lipinski definition) is 2. The van der Waals surface area contributed by atoms with Crippen molar-refractivity contribution in [3.63, 3.8) is 0 Å². The summed E-state index contributed by atoms with van der Waals surface area (Å²) in [4.78, 5) is 12.2. The summed E-state index contributed by atoms with van der Waals surface area (Å²) in [5.74, 6) is 1.36. The van der Waals surface area contributed by atoms with E-state index in [-0.39, 0.29) is 12.5 Å². The van der Waals surface area contributed by atoms with Gasteiger partial charge in [-0.05, 0) is 37.6 Å². The van der Waals surface area contributed by atoms with E-state index in [1.54, 1.807) is 0 Å². The highest BCUT2D eigenvalue weighted by Crippen LogP contribution is 2.23. The normalized spacial score (nSPS) is 10.3. The Morgan fingerprint density at radius 2 is 1.81 bits per heavy atom. The topological polar surface area (TPSA) is 59.6 Å². The van der Waals surface area contributed by atoms with Gasteiger partial charge in [0.15, 0.2) is 0 Å². The Hall–Kier alpha value is -2.69. The molecule has 0 saturated carbocycles. The van der Waals surface area contributed by atoms with Gasteiger partial charge in [-0.3, -0.25) is 4.79 Å². The number of rotatable bonds is 12. The number of carbonyl (C=O) groups is 1. The summed E-state index contributed by atoms with van der Waals surface area (Å²) in [6, 6.07) is 15.1. The second kappa shape index (κ2) is 11.8. The minimum atomic E-state index is -0.131. The van der Waals surface area contributed by atoms with Crippen molar-refractivity contribution in [2.24, 2.45) is 0 Å². The lowest BCUT2D eigenvalue weighted by Crippen LogP contribution is -2.22. The van der Waals surface area contributed by atoms with Crippen LogP contribution in [0.15, 0.2) is 48.5 Å². The van der Waals surface area contributed by atoms with Gasteiger partial charge in [-0.25, -0.2) is 0 Å². The first-order valence-corrected chi connectivity index (χ1v) is 9.71. The van der Waals surface area contributed by atoms with Crippen LogP contribution >= 0.6 is 0 Å². The summed E-state index contributed by atoms with van der Waals surface area (Å²) < 4.78 is 11.3. The summed E-state index contributed by atoms with van der Waals surface area (Å²) in [5.41, 5.74) is 1.53. The lowest BCUT2D eigenvalue weighted by Gasteiger charge is -2.12. The first kappa shape index (κ1) is 20.6. The molecule has 0 fully saturated rings. The van der Waals surface area contributed by atoms with Crippen molar-refractivity contribution in [3.05, 3.63) is 48.5 Å². The molecule has 0 spiro atoms. The van der Waals surface area contributed by atoms with Gasteiger partial charge in [0.1, 0.15) is 11.5 Å². The number of hydrogen-bond acceptors (Lipinski definition) is 4. The molecule has 0 radical (unpaired) electrons. The zero-order chi connectivity index (χ0) is 19.3. The third-order valence-corrected chi connectivity index (χ3v) is 4.01. The SMILES string of the molecule is CCCCCCOc1cccc(NCC(=O)Nc2ccccc2OCC)c1. The fraction of sp³-hybridized carbons (Fsp3) is 0.409. The molecule has 2 rings (SSSR count). The molecule has 0 aromatic heterocycles. The Morgan fingerprint density at radius 3 is 2.63 bits per heavy atom. The van der Waals surface area contributed by atoms with Gasteiger partial charge in [0.2, 0.25) is 5.91 Å². The Bertz CT molecular complexity index is 703. The Labute approximate surface area is 162 Å². The molecule has 0 heterocycles. The van der Waals surface area contributed by atoms with E-state index in [2.05, 4.69) is 17.6 Å². The van der Waals surface area contributed by atoms with Gasteiger partial charge in [0.25, 0.3) is 0 Å². The van der Waals surface area contributed by atoms with Crippen LogP contribution in [0, 0.1) is 0 Å². The second-order valence-electron chi connectivity index (χ2n) is 6.27. The van der Waals surface area contributed by atoms with E-state index in [1.165, 1.54) is 19.3 Å². The molecule has 1 amide bonds. The van der Waals surface area contributed by atoms with Crippen molar-refractivity contribution in [1.82, 2.24) is 0 Å². The number of benzene rings is 2. The van der Waals surface area contributed by atoms with Crippen LogP contribution in [-0.2, 0) is 4.79 Å². The van der Waals surface area contributed by atoms with Crippen molar-refractivity contribution in [2.75, 3.05) is 30.4 Å². The summed E-state index contributed by atoms with van der Waals surface area (Å²) in [5, 5.41) is 6.01. The lowest BCUT2D eigenvalue weighted by molar-refractivity contribution is -0.114. The summed E-state index contributed by atoms with van der Waals surface area (Å²) in [6.07, 6.45) is 4.72. The Balaban J connectivity index is 1.80. The molecule has 2 aromatic rings. The summed E-state index contributed by atoms with van der Waals surface area (Å²) in [7, 11) is 0.